The Morgan fingerprint density at radius 2 is 2.36 bits per heavy atom. The van der Waals surface area contributed by atoms with Gasteiger partial charge in [-0.1, -0.05) is 0 Å². The van der Waals surface area contributed by atoms with Crippen LogP contribution in [0, 0.1) is 5.13 Å². The van der Waals surface area contributed by atoms with E-state index in [9.17, 15) is 4.39 Å². The molecule has 0 spiro atoms. The van der Waals surface area contributed by atoms with E-state index in [4.69, 9.17) is 0 Å². The molecule has 2 aromatic heterocycles. The molecule has 5 heteroatoms. The van der Waals surface area contributed by atoms with Gasteiger partial charge in [-0.25, -0.2) is 0 Å². The number of aryl methyl sites for hydroxylation is 1. The first-order chi connectivity index (χ1) is 6.74. The average Bonchev–Trinajstić information content (AvgIpc) is 2.72. The zero-order valence-electron chi connectivity index (χ0n) is 7.70. The van der Waals surface area contributed by atoms with Crippen molar-refractivity contribution in [3.05, 3.63) is 34.4 Å². The Balaban J connectivity index is 1.94. The van der Waals surface area contributed by atoms with Gasteiger partial charge in [-0.3, -0.25) is 4.68 Å². The number of rotatable bonds is 3. The summed E-state index contributed by atoms with van der Waals surface area (Å²) in [5.41, 5.74) is 0. The van der Waals surface area contributed by atoms with Crippen LogP contribution in [0.4, 0.5) is 10.2 Å². The molecular weight excluding hydrogens is 201 g/mol. The Hall–Kier alpha value is -1.36. The van der Waals surface area contributed by atoms with Crippen LogP contribution in [0.1, 0.15) is 4.88 Å². The van der Waals surface area contributed by atoms with Crippen molar-refractivity contribution in [3.63, 3.8) is 0 Å². The number of halogens is 1. The van der Waals surface area contributed by atoms with Gasteiger partial charge in [0.05, 0.1) is 6.54 Å². The van der Waals surface area contributed by atoms with Crippen LogP contribution >= 0.6 is 11.3 Å². The predicted molar refractivity (Wildman–Crippen MR) is 54.8 cm³/mol. The molecule has 3 nitrogen and oxygen atoms in total. The number of aromatic nitrogens is 2. The lowest BCUT2D eigenvalue weighted by Gasteiger charge is -1.98. The third kappa shape index (κ3) is 2.11. The Morgan fingerprint density at radius 3 is 2.93 bits per heavy atom. The molecule has 0 fully saturated rings. The molecule has 2 aromatic rings. The fourth-order valence-electron chi connectivity index (χ4n) is 1.13. The number of nitrogens with zero attached hydrogens (tertiary/aromatic N) is 2. The summed E-state index contributed by atoms with van der Waals surface area (Å²) in [5.74, 6) is 0.807. The van der Waals surface area contributed by atoms with Crippen molar-refractivity contribution in [2.24, 2.45) is 7.05 Å². The number of nitrogens with one attached hydrogen (secondary N) is 1. The summed E-state index contributed by atoms with van der Waals surface area (Å²) < 4.78 is 14.3. The quantitative estimate of drug-likeness (QED) is 0.843. The fourth-order valence-corrected chi connectivity index (χ4v) is 1.80. The molecule has 0 radical (unpaired) electrons. The van der Waals surface area contributed by atoms with Crippen molar-refractivity contribution in [1.29, 1.82) is 0 Å². The zero-order chi connectivity index (χ0) is 9.97. The predicted octanol–water partition coefficient (Wildman–Crippen LogP) is 2.23. The molecule has 0 aliphatic heterocycles. The molecule has 1 N–H and O–H groups in total. The smallest absolute Gasteiger partial charge is 0.176 e. The molecule has 0 aliphatic carbocycles. The van der Waals surface area contributed by atoms with E-state index in [1.807, 2.05) is 19.3 Å². The van der Waals surface area contributed by atoms with Crippen molar-refractivity contribution in [3.8, 4) is 0 Å². The maximum Gasteiger partial charge on any atom is 0.176 e. The van der Waals surface area contributed by atoms with Crippen molar-refractivity contribution in [2.75, 3.05) is 5.32 Å². The van der Waals surface area contributed by atoms with E-state index in [0.717, 1.165) is 22.0 Å². The first-order valence-electron chi connectivity index (χ1n) is 4.22. The number of hydrogen-bond acceptors (Lipinski definition) is 3. The summed E-state index contributed by atoms with van der Waals surface area (Å²) in [5, 5.41) is 7.11. The molecule has 2 rings (SSSR count). The van der Waals surface area contributed by atoms with Crippen molar-refractivity contribution < 1.29 is 4.39 Å². The molecule has 0 saturated carbocycles. The van der Waals surface area contributed by atoms with Gasteiger partial charge >= 0.3 is 0 Å². The van der Waals surface area contributed by atoms with E-state index in [0.29, 0.717) is 6.54 Å². The number of thiophene rings is 1. The van der Waals surface area contributed by atoms with E-state index in [2.05, 4.69) is 10.4 Å². The van der Waals surface area contributed by atoms with Gasteiger partial charge in [0, 0.05) is 24.2 Å². The largest absolute Gasteiger partial charge is 0.364 e. The minimum absolute atomic E-state index is 0.150. The van der Waals surface area contributed by atoms with Gasteiger partial charge in [-0.15, -0.1) is 11.3 Å². The molecule has 74 valence electrons. The Bertz CT molecular complexity index is 381. The standard InChI is InChI=1S/C9H10FN3S/c1-13-5-4-9(12-13)11-6-7-2-3-8(10)14-7/h2-5H,6H2,1H3,(H,11,12). The highest BCUT2D eigenvalue weighted by Gasteiger charge is 2.00. The van der Waals surface area contributed by atoms with Crippen LogP contribution in [0.5, 0.6) is 0 Å². The van der Waals surface area contributed by atoms with Crippen LogP contribution in [-0.2, 0) is 13.6 Å². The van der Waals surface area contributed by atoms with E-state index in [1.54, 1.807) is 10.7 Å². The zero-order valence-corrected chi connectivity index (χ0v) is 8.51. The van der Waals surface area contributed by atoms with Crippen LogP contribution in [0.15, 0.2) is 24.4 Å². The molecule has 0 atom stereocenters. The van der Waals surface area contributed by atoms with Gasteiger partial charge in [-0.2, -0.15) is 9.49 Å². The van der Waals surface area contributed by atoms with Gasteiger partial charge in [0.1, 0.15) is 5.82 Å². The molecular formula is C9H10FN3S. The molecule has 0 amide bonds. The Kier molecular flexibility index (Phi) is 2.49. The second-order valence-electron chi connectivity index (χ2n) is 2.93. The molecule has 0 aromatic carbocycles. The highest BCUT2D eigenvalue weighted by molar-refractivity contribution is 7.10. The van der Waals surface area contributed by atoms with Gasteiger partial charge in [-0.05, 0) is 12.1 Å². The summed E-state index contributed by atoms with van der Waals surface area (Å²) >= 11 is 1.15. The fraction of sp³-hybridized carbons (Fsp3) is 0.222. The first kappa shape index (κ1) is 9.21. The highest BCUT2D eigenvalue weighted by Crippen LogP contribution is 2.15. The lowest BCUT2D eigenvalue weighted by molar-refractivity contribution is 0.657. The third-order valence-corrected chi connectivity index (χ3v) is 2.66. The Morgan fingerprint density at radius 1 is 1.50 bits per heavy atom. The molecule has 0 saturated heterocycles. The van der Waals surface area contributed by atoms with Gasteiger partial charge in [0.15, 0.2) is 5.13 Å². The van der Waals surface area contributed by atoms with Crippen LogP contribution in [0.25, 0.3) is 0 Å². The second-order valence-corrected chi connectivity index (χ2v) is 4.05. The van der Waals surface area contributed by atoms with Crippen LogP contribution < -0.4 is 5.32 Å². The minimum atomic E-state index is -0.150. The molecule has 0 bridgehead atoms. The molecule has 0 aliphatic rings. The Labute approximate surface area is 85.2 Å². The molecule has 2 heterocycles. The van der Waals surface area contributed by atoms with E-state index >= 15 is 0 Å². The van der Waals surface area contributed by atoms with Crippen molar-refractivity contribution in [2.45, 2.75) is 6.54 Å². The van der Waals surface area contributed by atoms with E-state index in [1.165, 1.54) is 6.07 Å². The van der Waals surface area contributed by atoms with E-state index in [-0.39, 0.29) is 5.13 Å². The normalized spacial score (nSPS) is 10.4. The van der Waals surface area contributed by atoms with Gasteiger partial charge in [0.2, 0.25) is 0 Å². The number of hydrogen-bond donors (Lipinski definition) is 1. The average molecular weight is 211 g/mol. The third-order valence-electron chi connectivity index (χ3n) is 1.79. The summed E-state index contributed by atoms with van der Waals surface area (Å²) in [6.07, 6.45) is 1.86. The first-order valence-corrected chi connectivity index (χ1v) is 5.03. The molecule has 0 unspecified atom stereocenters. The second kappa shape index (κ2) is 3.79. The summed E-state index contributed by atoms with van der Waals surface area (Å²) in [6, 6.07) is 5.13. The van der Waals surface area contributed by atoms with Crippen molar-refractivity contribution >= 4 is 17.2 Å². The van der Waals surface area contributed by atoms with Crippen LogP contribution in [-0.4, -0.2) is 9.78 Å². The lowest BCUT2D eigenvalue weighted by atomic mass is 10.4. The summed E-state index contributed by atoms with van der Waals surface area (Å²) in [6.45, 7) is 0.617. The van der Waals surface area contributed by atoms with Crippen LogP contribution in [0.2, 0.25) is 0 Å². The minimum Gasteiger partial charge on any atom is -0.364 e. The monoisotopic (exact) mass is 211 g/mol. The summed E-state index contributed by atoms with van der Waals surface area (Å²) in [7, 11) is 1.86. The maximum atomic E-state index is 12.6. The van der Waals surface area contributed by atoms with Crippen LogP contribution in [0.3, 0.4) is 0 Å². The van der Waals surface area contributed by atoms with Gasteiger partial charge < -0.3 is 5.32 Å². The van der Waals surface area contributed by atoms with Crippen molar-refractivity contribution in [1.82, 2.24) is 9.78 Å². The molecule has 14 heavy (non-hydrogen) atoms. The highest BCUT2D eigenvalue weighted by atomic mass is 32.1. The SMILES string of the molecule is Cn1ccc(NCc2ccc(F)s2)n1. The lowest BCUT2D eigenvalue weighted by Crippen LogP contribution is -1.98. The topological polar surface area (TPSA) is 29.9 Å². The maximum absolute atomic E-state index is 12.6. The summed E-state index contributed by atoms with van der Waals surface area (Å²) in [4.78, 5) is 0.966. The van der Waals surface area contributed by atoms with E-state index < -0.39 is 0 Å². The number of anilines is 1. The van der Waals surface area contributed by atoms with Gasteiger partial charge in [0.25, 0.3) is 0 Å².